The number of nitrogens with one attached hydrogen (secondary N) is 1. The number of hydrogen-bond donors (Lipinski definition) is 1. The van der Waals surface area contributed by atoms with Crippen molar-refractivity contribution >= 4 is 33.8 Å². The van der Waals surface area contributed by atoms with Crippen molar-refractivity contribution in [1.29, 1.82) is 0 Å². The number of hydrogen-bond acceptors (Lipinski definition) is 5. The second-order valence-electron chi connectivity index (χ2n) is 9.40. The van der Waals surface area contributed by atoms with Crippen LogP contribution in [0.1, 0.15) is 46.5 Å². The summed E-state index contributed by atoms with van der Waals surface area (Å²) in [6.07, 6.45) is 3.96. The Bertz CT molecular complexity index is 1450. The van der Waals surface area contributed by atoms with Crippen LogP contribution >= 0.6 is 0 Å². The Kier molecular flexibility index (Phi) is 7.61. The van der Waals surface area contributed by atoms with E-state index >= 15 is 0 Å². The number of piperidine rings is 1. The van der Waals surface area contributed by atoms with Crippen molar-refractivity contribution in [3.8, 4) is 0 Å². The van der Waals surface area contributed by atoms with E-state index in [-0.39, 0.29) is 48.0 Å². The molecular formula is C27H29F2N3O4S. The maximum absolute atomic E-state index is 13.9. The lowest BCUT2D eigenvalue weighted by molar-refractivity contribution is -0.120. The van der Waals surface area contributed by atoms with E-state index in [1.165, 1.54) is 4.31 Å². The van der Waals surface area contributed by atoms with Crippen molar-refractivity contribution < 1.29 is 26.5 Å². The van der Waals surface area contributed by atoms with Crippen LogP contribution in [0.2, 0.25) is 0 Å². The second-order valence-corrected chi connectivity index (χ2v) is 11.3. The summed E-state index contributed by atoms with van der Waals surface area (Å²) in [6.45, 7) is 7.80. The molecule has 196 valence electrons. The summed E-state index contributed by atoms with van der Waals surface area (Å²) in [5.74, 6) is -2.41. The first-order chi connectivity index (χ1) is 17.5. The highest BCUT2D eigenvalue weighted by Crippen LogP contribution is 2.30. The minimum atomic E-state index is -3.94. The molecule has 1 aliphatic heterocycles. The Labute approximate surface area is 215 Å². The van der Waals surface area contributed by atoms with Crippen molar-refractivity contribution in [2.24, 2.45) is 5.92 Å². The van der Waals surface area contributed by atoms with Gasteiger partial charge in [0.15, 0.2) is 10.7 Å². The highest BCUT2D eigenvalue weighted by Gasteiger charge is 2.36. The lowest BCUT2D eigenvalue weighted by Gasteiger charge is -2.30. The smallest absolute Gasteiger partial charge is 0.248 e. The predicted molar refractivity (Wildman–Crippen MR) is 137 cm³/mol. The molecule has 2 aromatic carbocycles. The number of nitrogens with zero attached hydrogens (tertiary/aromatic N) is 2. The van der Waals surface area contributed by atoms with Gasteiger partial charge in [0, 0.05) is 25.1 Å². The zero-order valence-electron chi connectivity index (χ0n) is 21.1. The zero-order chi connectivity index (χ0) is 26.9. The van der Waals surface area contributed by atoms with E-state index in [4.69, 9.17) is 4.52 Å². The minimum absolute atomic E-state index is 0.00227. The van der Waals surface area contributed by atoms with Crippen LogP contribution in [0.3, 0.4) is 0 Å². The number of carbonyl (C=O) groups excluding carboxylic acids is 1. The van der Waals surface area contributed by atoms with Gasteiger partial charge in [0.05, 0.1) is 5.69 Å². The molecule has 7 nitrogen and oxygen atoms in total. The molecule has 0 atom stereocenters. The van der Waals surface area contributed by atoms with Crippen molar-refractivity contribution in [3.05, 3.63) is 75.7 Å². The van der Waals surface area contributed by atoms with Gasteiger partial charge < -0.3 is 9.84 Å². The largest absolute Gasteiger partial charge is 0.355 e. The Hall–Kier alpha value is -3.37. The van der Waals surface area contributed by atoms with Crippen LogP contribution in [-0.4, -0.2) is 36.9 Å². The minimum Gasteiger partial charge on any atom is -0.355 e. The molecule has 1 N–H and O–H groups in total. The molecule has 1 amide bonds. The third kappa shape index (κ3) is 5.65. The fourth-order valence-corrected chi connectivity index (χ4v) is 6.44. The summed E-state index contributed by atoms with van der Waals surface area (Å²) >= 11 is 0. The summed E-state index contributed by atoms with van der Waals surface area (Å²) in [7, 11) is -3.94. The molecule has 10 heteroatoms. The van der Waals surface area contributed by atoms with Gasteiger partial charge in [0.1, 0.15) is 17.3 Å². The van der Waals surface area contributed by atoms with Crippen molar-refractivity contribution in [2.45, 2.75) is 45.4 Å². The monoisotopic (exact) mass is 529 g/mol. The van der Waals surface area contributed by atoms with E-state index in [0.717, 1.165) is 34.4 Å². The molecule has 0 aliphatic carbocycles. The van der Waals surface area contributed by atoms with Crippen LogP contribution in [0.4, 0.5) is 14.5 Å². The van der Waals surface area contributed by atoms with Crippen LogP contribution in [0, 0.1) is 45.2 Å². The third-order valence-corrected chi connectivity index (χ3v) is 8.64. The molecule has 1 aliphatic rings. The predicted octanol–water partition coefficient (Wildman–Crippen LogP) is 5.40. The second kappa shape index (κ2) is 10.5. The van der Waals surface area contributed by atoms with Gasteiger partial charge in [-0.25, -0.2) is 17.2 Å². The number of amides is 1. The van der Waals surface area contributed by atoms with E-state index < -0.39 is 33.5 Å². The molecule has 0 unspecified atom stereocenters. The Morgan fingerprint density at radius 3 is 2.32 bits per heavy atom. The van der Waals surface area contributed by atoms with E-state index in [1.807, 2.05) is 26.8 Å². The molecule has 3 aromatic rings. The van der Waals surface area contributed by atoms with Gasteiger partial charge in [0.2, 0.25) is 15.9 Å². The molecule has 4 rings (SSSR count). The molecule has 0 spiro atoms. The molecular weight excluding hydrogens is 500 g/mol. The van der Waals surface area contributed by atoms with Crippen molar-refractivity contribution in [1.82, 2.24) is 9.46 Å². The fourth-order valence-electron chi connectivity index (χ4n) is 4.72. The summed E-state index contributed by atoms with van der Waals surface area (Å²) in [4.78, 5) is 12.6. The van der Waals surface area contributed by atoms with Gasteiger partial charge in [-0.3, -0.25) is 4.79 Å². The lowest BCUT2D eigenvalue weighted by atomic mass is 9.97. The Morgan fingerprint density at radius 1 is 1.05 bits per heavy atom. The molecule has 1 aromatic heterocycles. The van der Waals surface area contributed by atoms with Crippen molar-refractivity contribution in [2.75, 3.05) is 18.4 Å². The Balaban J connectivity index is 1.48. The number of aromatic nitrogens is 1. The van der Waals surface area contributed by atoms with Gasteiger partial charge >= 0.3 is 0 Å². The topological polar surface area (TPSA) is 92.5 Å². The highest BCUT2D eigenvalue weighted by molar-refractivity contribution is 7.89. The number of halogens is 2. The van der Waals surface area contributed by atoms with Gasteiger partial charge in [-0.2, -0.15) is 4.31 Å². The average Bonchev–Trinajstić information content (AvgIpc) is 3.21. The number of rotatable bonds is 6. The van der Waals surface area contributed by atoms with E-state index in [0.29, 0.717) is 6.07 Å². The number of anilines is 1. The first kappa shape index (κ1) is 26.7. The lowest BCUT2D eigenvalue weighted by Crippen LogP contribution is -2.41. The number of carbonyl (C=O) groups is 1. The molecule has 0 saturated carbocycles. The summed E-state index contributed by atoms with van der Waals surface area (Å²) in [5.41, 5.74) is 4.39. The molecule has 2 heterocycles. The number of sulfonamides is 1. The normalized spacial score (nSPS) is 15.4. The first-order valence-electron chi connectivity index (χ1n) is 12.0. The molecule has 1 fully saturated rings. The van der Waals surface area contributed by atoms with E-state index in [2.05, 4.69) is 22.6 Å². The molecule has 1 saturated heterocycles. The van der Waals surface area contributed by atoms with E-state index in [9.17, 15) is 22.0 Å². The van der Waals surface area contributed by atoms with Crippen LogP contribution in [0.25, 0.3) is 12.2 Å². The van der Waals surface area contributed by atoms with Crippen LogP contribution in [0.15, 0.2) is 39.8 Å². The summed E-state index contributed by atoms with van der Waals surface area (Å²) in [5, 5.41) is 6.36. The van der Waals surface area contributed by atoms with Crippen molar-refractivity contribution in [3.63, 3.8) is 0 Å². The first-order valence-corrected chi connectivity index (χ1v) is 13.4. The maximum atomic E-state index is 13.9. The Morgan fingerprint density at radius 2 is 1.70 bits per heavy atom. The summed E-state index contributed by atoms with van der Waals surface area (Å²) < 4.78 is 60.8. The van der Waals surface area contributed by atoms with Crippen LogP contribution < -0.4 is 5.32 Å². The van der Waals surface area contributed by atoms with Crippen LogP contribution in [-0.2, 0) is 14.8 Å². The number of aryl methyl sites for hydroxylation is 4. The third-order valence-electron chi connectivity index (χ3n) is 6.58. The molecule has 0 bridgehead atoms. The van der Waals surface area contributed by atoms with Gasteiger partial charge in [0.25, 0.3) is 0 Å². The molecule has 37 heavy (non-hydrogen) atoms. The van der Waals surface area contributed by atoms with E-state index in [1.54, 1.807) is 13.0 Å². The van der Waals surface area contributed by atoms with Gasteiger partial charge in [-0.1, -0.05) is 28.9 Å². The highest BCUT2D eigenvalue weighted by atomic mass is 32.2. The SMILES string of the molecule is Cc1cc(C)c(C=Cc2onc(C)c2S(=O)(=O)N2CCC(C(=O)Nc3ccc(F)cc3F)CC2)c(C)c1. The summed E-state index contributed by atoms with van der Waals surface area (Å²) in [6, 6.07) is 7.02. The quantitative estimate of drug-likeness (QED) is 0.462. The standard InChI is InChI=1S/C27H29F2N3O4S/c1-16-13-17(2)22(18(3)14-16)6-8-25-26(19(4)31-36-25)37(34,35)32-11-9-20(10-12-32)27(33)30-24-7-5-21(28)15-23(24)29/h5-8,13-15,20H,9-12H2,1-4H3,(H,30,33). The van der Waals surface area contributed by atoms with Gasteiger partial charge in [-0.05, 0) is 75.4 Å². The van der Waals surface area contributed by atoms with Crippen LogP contribution in [0.5, 0.6) is 0 Å². The van der Waals surface area contributed by atoms with Gasteiger partial charge in [-0.15, -0.1) is 0 Å². The zero-order valence-corrected chi connectivity index (χ0v) is 22.0. The average molecular weight is 530 g/mol. The number of benzene rings is 2. The molecule has 0 radical (unpaired) electrons. The fraction of sp³-hybridized carbons (Fsp3) is 0.333. The maximum Gasteiger partial charge on any atom is 0.248 e.